The Balaban J connectivity index is 2.13. The number of rotatable bonds is 20. The summed E-state index contributed by atoms with van der Waals surface area (Å²) in [4.78, 5) is 24.5. The molecule has 1 atom stereocenters. The monoisotopic (exact) mass is 499 g/mol. The molecule has 1 amide bonds. The van der Waals surface area contributed by atoms with Gasteiger partial charge < -0.3 is 10.0 Å². The van der Waals surface area contributed by atoms with Gasteiger partial charge in [-0.15, -0.1) is 0 Å². The number of hydrogen-bond donors (Lipinski definition) is 2. The van der Waals surface area contributed by atoms with Crippen LogP contribution in [0.1, 0.15) is 96.3 Å². The Labute approximate surface area is 204 Å². The lowest BCUT2D eigenvalue weighted by molar-refractivity contribution is -0.137. The van der Waals surface area contributed by atoms with Gasteiger partial charge in [0.05, 0.1) is 6.10 Å². The Morgan fingerprint density at radius 1 is 0.824 bits per heavy atom. The van der Waals surface area contributed by atoms with Crippen molar-refractivity contribution in [1.29, 1.82) is 0 Å². The van der Waals surface area contributed by atoms with E-state index in [0.29, 0.717) is 25.7 Å². The highest BCUT2D eigenvalue weighted by atomic mass is 32.3. The van der Waals surface area contributed by atoms with Gasteiger partial charge in [0.25, 0.3) is 0 Å². The molecule has 8 nitrogen and oxygen atoms in total. The molecular formula is C25H41NO7S. The van der Waals surface area contributed by atoms with Crippen LogP contribution in [0.25, 0.3) is 0 Å². The van der Waals surface area contributed by atoms with Crippen molar-refractivity contribution in [3.05, 3.63) is 30.3 Å². The number of carboxylic acid groups (broad SMARTS) is 1. The third-order valence-corrected chi connectivity index (χ3v) is 6.37. The molecule has 194 valence electrons. The van der Waals surface area contributed by atoms with E-state index in [-0.39, 0.29) is 12.3 Å². The number of aliphatic carboxylic acids is 1. The number of carbonyl (C=O) groups excluding carboxylic acids is 1. The average molecular weight is 500 g/mol. The van der Waals surface area contributed by atoms with E-state index in [2.05, 4.69) is 0 Å². The van der Waals surface area contributed by atoms with E-state index in [1.54, 1.807) is 11.9 Å². The molecule has 2 N–H and O–H groups in total. The van der Waals surface area contributed by atoms with Crippen LogP contribution in [0.4, 0.5) is 5.69 Å². The molecule has 0 aliphatic rings. The topological polar surface area (TPSA) is 121 Å². The first-order valence-corrected chi connectivity index (χ1v) is 13.7. The zero-order valence-corrected chi connectivity index (χ0v) is 21.2. The predicted octanol–water partition coefficient (Wildman–Crippen LogP) is 5.77. The van der Waals surface area contributed by atoms with Gasteiger partial charge in [-0.05, 0) is 37.8 Å². The molecule has 0 aromatic heterocycles. The van der Waals surface area contributed by atoms with Crippen LogP contribution in [-0.2, 0) is 24.2 Å². The van der Waals surface area contributed by atoms with Gasteiger partial charge in [0, 0.05) is 25.6 Å². The molecule has 34 heavy (non-hydrogen) atoms. The van der Waals surface area contributed by atoms with Crippen LogP contribution in [0.2, 0.25) is 0 Å². The van der Waals surface area contributed by atoms with Crippen molar-refractivity contribution >= 4 is 28.0 Å². The normalized spacial score (nSPS) is 12.4. The summed E-state index contributed by atoms with van der Waals surface area (Å²) >= 11 is 0. The second-order valence-corrected chi connectivity index (χ2v) is 9.84. The minimum absolute atomic E-state index is 0.110. The van der Waals surface area contributed by atoms with Crippen LogP contribution in [0, 0.1) is 0 Å². The maximum Gasteiger partial charge on any atom is 0.397 e. The van der Waals surface area contributed by atoms with Crippen molar-refractivity contribution in [2.24, 2.45) is 0 Å². The lowest BCUT2D eigenvalue weighted by Gasteiger charge is -2.17. The van der Waals surface area contributed by atoms with Crippen molar-refractivity contribution in [3.8, 4) is 0 Å². The number of hydrogen-bond acceptors (Lipinski definition) is 5. The first-order valence-electron chi connectivity index (χ1n) is 12.4. The molecule has 1 unspecified atom stereocenters. The Morgan fingerprint density at radius 2 is 1.29 bits per heavy atom. The highest BCUT2D eigenvalue weighted by molar-refractivity contribution is 7.80. The average Bonchev–Trinajstić information content (AvgIpc) is 2.78. The fourth-order valence-electron chi connectivity index (χ4n) is 3.91. The molecule has 9 heteroatoms. The zero-order chi connectivity index (χ0) is 25.2. The fourth-order valence-corrected chi connectivity index (χ4v) is 4.45. The van der Waals surface area contributed by atoms with Crippen molar-refractivity contribution in [2.75, 3.05) is 11.9 Å². The molecule has 0 heterocycles. The van der Waals surface area contributed by atoms with Gasteiger partial charge in [0.2, 0.25) is 5.91 Å². The van der Waals surface area contributed by atoms with Gasteiger partial charge in [0.15, 0.2) is 0 Å². The quantitative estimate of drug-likeness (QED) is 0.172. The van der Waals surface area contributed by atoms with Gasteiger partial charge in [0.1, 0.15) is 0 Å². The summed E-state index contributed by atoms with van der Waals surface area (Å²) in [6, 6.07) is 9.58. The second kappa shape index (κ2) is 17.5. The number of anilines is 1. The van der Waals surface area contributed by atoms with Gasteiger partial charge in [-0.2, -0.15) is 8.42 Å². The second-order valence-electron chi connectivity index (χ2n) is 8.79. The van der Waals surface area contributed by atoms with E-state index in [0.717, 1.165) is 69.9 Å². The van der Waals surface area contributed by atoms with Gasteiger partial charge in [-0.25, -0.2) is 4.18 Å². The standard InChI is InChI=1S/C25H41NO7S/c1-26(22-16-10-9-11-17-22)24(27)20-14-7-3-2-5-12-18-23(33-34(30,31)32)19-13-6-4-8-15-21-25(28)29/h9-11,16-17,23H,2-8,12-15,18-21H2,1H3,(H,28,29)(H,30,31,32). The maximum atomic E-state index is 12.3. The summed E-state index contributed by atoms with van der Waals surface area (Å²) in [7, 11) is -2.68. The summed E-state index contributed by atoms with van der Waals surface area (Å²) in [5, 5.41) is 8.63. The van der Waals surface area contributed by atoms with Crippen LogP contribution in [-0.4, -0.2) is 43.1 Å². The number of amides is 1. The molecule has 1 aromatic rings. The van der Waals surface area contributed by atoms with E-state index >= 15 is 0 Å². The fraction of sp³-hybridized carbons (Fsp3) is 0.680. The van der Waals surface area contributed by atoms with Crippen LogP contribution in [0.15, 0.2) is 30.3 Å². The first-order chi connectivity index (χ1) is 16.2. The third kappa shape index (κ3) is 15.8. The molecule has 1 aromatic carbocycles. The highest BCUT2D eigenvalue weighted by Crippen LogP contribution is 2.19. The minimum atomic E-state index is -4.48. The smallest absolute Gasteiger partial charge is 0.397 e. The SMILES string of the molecule is CN(C(=O)CCCCCCCCC(CCCCCCCC(=O)O)OS(=O)(=O)O)c1ccccc1. The third-order valence-electron chi connectivity index (χ3n) is 5.86. The van der Waals surface area contributed by atoms with Crippen molar-refractivity contribution in [1.82, 2.24) is 0 Å². The molecule has 0 aliphatic carbocycles. The van der Waals surface area contributed by atoms with E-state index in [1.807, 2.05) is 30.3 Å². The molecule has 0 fully saturated rings. The summed E-state index contributed by atoms with van der Waals surface area (Å²) in [5.74, 6) is -0.677. The van der Waals surface area contributed by atoms with E-state index in [4.69, 9.17) is 13.8 Å². The molecule has 0 spiro atoms. The number of para-hydroxylation sites is 1. The predicted molar refractivity (Wildman–Crippen MR) is 133 cm³/mol. The van der Waals surface area contributed by atoms with Gasteiger partial charge in [-0.3, -0.25) is 14.1 Å². The largest absolute Gasteiger partial charge is 0.481 e. The van der Waals surface area contributed by atoms with Crippen molar-refractivity contribution in [2.45, 2.75) is 102 Å². The summed E-state index contributed by atoms with van der Waals surface area (Å²) in [6.45, 7) is 0. The number of carboxylic acids is 1. The highest BCUT2D eigenvalue weighted by Gasteiger charge is 2.16. The summed E-state index contributed by atoms with van der Waals surface area (Å²) in [6.07, 6.45) is 10.9. The molecule has 0 bridgehead atoms. The molecule has 0 radical (unpaired) electrons. The van der Waals surface area contributed by atoms with Crippen LogP contribution >= 0.6 is 0 Å². The van der Waals surface area contributed by atoms with E-state index in [9.17, 15) is 18.0 Å². The maximum absolute atomic E-state index is 12.3. The first kappa shape index (κ1) is 30.1. The summed E-state index contributed by atoms with van der Waals surface area (Å²) < 4.78 is 36.1. The Bertz CT molecular complexity index is 799. The number of benzene rings is 1. The minimum Gasteiger partial charge on any atom is -0.481 e. The van der Waals surface area contributed by atoms with E-state index < -0.39 is 22.5 Å². The lowest BCUT2D eigenvalue weighted by Crippen LogP contribution is -2.25. The number of nitrogens with zero attached hydrogens (tertiary/aromatic N) is 1. The Hall–Kier alpha value is -1.97. The van der Waals surface area contributed by atoms with Crippen molar-refractivity contribution < 1.29 is 31.8 Å². The van der Waals surface area contributed by atoms with Gasteiger partial charge in [-0.1, -0.05) is 76.0 Å². The molecule has 0 saturated carbocycles. The summed E-state index contributed by atoms with van der Waals surface area (Å²) in [5.41, 5.74) is 0.896. The molecular weight excluding hydrogens is 458 g/mol. The molecule has 1 rings (SSSR count). The molecule has 0 aliphatic heterocycles. The van der Waals surface area contributed by atoms with Crippen LogP contribution in [0.5, 0.6) is 0 Å². The number of unbranched alkanes of at least 4 members (excludes halogenated alkanes) is 9. The zero-order valence-electron chi connectivity index (χ0n) is 20.4. The van der Waals surface area contributed by atoms with Crippen molar-refractivity contribution in [3.63, 3.8) is 0 Å². The van der Waals surface area contributed by atoms with Crippen LogP contribution < -0.4 is 4.90 Å². The van der Waals surface area contributed by atoms with Crippen LogP contribution in [0.3, 0.4) is 0 Å². The Kier molecular flexibility index (Phi) is 15.4. The lowest BCUT2D eigenvalue weighted by atomic mass is 10.0. The Morgan fingerprint density at radius 3 is 1.79 bits per heavy atom. The molecule has 0 saturated heterocycles. The van der Waals surface area contributed by atoms with Gasteiger partial charge >= 0.3 is 16.4 Å². The number of carbonyl (C=O) groups is 2. The van der Waals surface area contributed by atoms with E-state index in [1.165, 1.54) is 0 Å².